The lowest BCUT2D eigenvalue weighted by atomic mass is 10.0. The molecule has 0 spiro atoms. The lowest BCUT2D eigenvalue weighted by Gasteiger charge is -2.02. The largest absolute Gasteiger partial charge is 0.455 e. The molecular formula is C26H15NO. The normalized spacial score (nSPS) is 12.3. The Hall–Kier alpha value is -3.78. The number of para-hydroxylation sites is 1. The topological polar surface area (TPSA) is 28.9 Å². The third-order valence-electron chi connectivity index (χ3n) is 5.93. The number of H-pyrrole nitrogens is 1. The Labute approximate surface area is 160 Å². The van der Waals surface area contributed by atoms with Crippen molar-refractivity contribution < 1.29 is 4.42 Å². The van der Waals surface area contributed by atoms with Gasteiger partial charge in [-0.2, -0.15) is 0 Å². The molecule has 2 nitrogen and oxygen atoms in total. The molecule has 0 unspecified atom stereocenters. The molecule has 0 fully saturated rings. The second-order valence-corrected chi connectivity index (χ2v) is 7.53. The third kappa shape index (κ3) is 1.77. The van der Waals surface area contributed by atoms with Crippen molar-refractivity contribution in [2.24, 2.45) is 0 Å². The van der Waals surface area contributed by atoms with Gasteiger partial charge in [0, 0.05) is 21.7 Å². The first-order chi connectivity index (χ1) is 13.8. The summed E-state index contributed by atoms with van der Waals surface area (Å²) < 4.78 is 6.43. The molecule has 0 aliphatic heterocycles. The van der Waals surface area contributed by atoms with Gasteiger partial charge < -0.3 is 9.40 Å². The third-order valence-corrected chi connectivity index (χ3v) is 5.93. The first-order valence-electron chi connectivity index (χ1n) is 9.53. The predicted molar refractivity (Wildman–Crippen MR) is 118 cm³/mol. The van der Waals surface area contributed by atoms with Gasteiger partial charge in [-0.15, -0.1) is 0 Å². The van der Waals surface area contributed by atoms with Crippen LogP contribution in [0.15, 0.2) is 89.3 Å². The van der Waals surface area contributed by atoms with Crippen LogP contribution in [0.5, 0.6) is 0 Å². The Bertz CT molecular complexity index is 1720. The number of hydrogen-bond donors (Lipinski definition) is 1. The first kappa shape index (κ1) is 14.3. The zero-order chi connectivity index (χ0) is 18.2. The van der Waals surface area contributed by atoms with E-state index in [0.717, 1.165) is 22.2 Å². The molecule has 2 aromatic heterocycles. The number of furan rings is 1. The van der Waals surface area contributed by atoms with Crippen molar-refractivity contribution in [3.8, 4) is 0 Å². The van der Waals surface area contributed by atoms with Crippen molar-refractivity contribution in [1.82, 2.24) is 4.98 Å². The van der Waals surface area contributed by atoms with Crippen molar-refractivity contribution in [2.45, 2.75) is 0 Å². The van der Waals surface area contributed by atoms with Crippen LogP contribution in [-0.4, -0.2) is 4.98 Å². The van der Waals surface area contributed by atoms with E-state index in [4.69, 9.17) is 4.42 Å². The van der Waals surface area contributed by atoms with E-state index >= 15 is 0 Å². The number of hydrogen-bond acceptors (Lipinski definition) is 1. The van der Waals surface area contributed by atoms with Gasteiger partial charge in [0.15, 0.2) is 0 Å². The van der Waals surface area contributed by atoms with Crippen LogP contribution in [0.25, 0.3) is 65.3 Å². The summed E-state index contributed by atoms with van der Waals surface area (Å²) in [6, 6.07) is 30.2. The van der Waals surface area contributed by atoms with Crippen LogP contribution in [0.1, 0.15) is 0 Å². The Kier molecular flexibility index (Phi) is 2.52. The summed E-state index contributed by atoms with van der Waals surface area (Å²) in [5.41, 5.74) is 4.16. The average Bonchev–Trinajstić information content (AvgIpc) is 3.28. The van der Waals surface area contributed by atoms with Crippen LogP contribution in [-0.2, 0) is 0 Å². The fourth-order valence-electron chi connectivity index (χ4n) is 4.60. The fraction of sp³-hybridized carbons (Fsp3) is 0. The molecule has 130 valence electrons. The van der Waals surface area contributed by atoms with Gasteiger partial charge in [-0.05, 0) is 64.0 Å². The standard InChI is InChI=1S/C26H15NO/c1-2-6-16-12-18-14-24-21(13-17(18)11-15(16)5-1)19-9-10-23-25(26(19)28-24)20-7-3-4-8-22(20)27-23/h1-14,27H. The van der Waals surface area contributed by atoms with Crippen LogP contribution in [0.2, 0.25) is 0 Å². The molecule has 28 heavy (non-hydrogen) atoms. The number of fused-ring (bicyclic) bond motifs is 9. The molecule has 0 aliphatic rings. The molecule has 0 saturated carbocycles. The molecule has 0 amide bonds. The highest BCUT2D eigenvalue weighted by Gasteiger charge is 2.15. The van der Waals surface area contributed by atoms with Crippen LogP contribution < -0.4 is 0 Å². The van der Waals surface area contributed by atoms with E-state index in [9.17, 15) is 0 Å². The first-order valence-corrected chi connectivity index (χ1v) is 9.53. The van der Waals surface area contributed by atoms with E-state index < -0.39 is 0 Å². The van der Waals surface area contributed by atoms with Gasteiger partial charge in [0.1, 0.15) is 11.2 Å². The summed E-state index contributed by atoms with van der Waals surface area (Å²) in [5.74, 6) is 0. The minimum absolute atomic E-state index is 0.940. The maximum absolute atomic E-state index is 6.43. The second kappa shape index (κ2) is 4.93. The molecule has 1 N–H and O–H groups in total. The Balaban J connectivity index is 1.67. The van der Waals surface area contributed by atoms with Gasteiger partial charge in [-0.3, -0.25) is 0 Å². The van der Waals surface area contributed by atoms with E-state index in [-0.39, 0.29) is 0 Å². The lowest BCUT2D eigenvalue weighted by molar-refractivity contribution is 0.673. The Morgan fingerprint density at radius 2 is 1.29 bits per heavy atom. The van der Waals surface area contributed by atoms with E-state index in [1.807, 2.05) is 0 Å². The van der Waals surface area contributed by atoms with E-state index in [0.29, 0.717) is 0 Å². The Morgan fingerprint density at radius 3 is 2.14 bits per heavy atom. The maximum atomic E-state index is 6.43. The SMILES string of the molecule is c1ccc2cc3cc4c(cc3cc2c1)oc1c4ccc2[nH]c3ccccc3c21. The molecule has 0 aliphatic carbocycles. The maximum Gasteiger partial charge on any atom is 0.145 e. The molecule has 0 atom stereocenters. The summed E-state index contributed by atoms with van der Waals surface area (Å²) in [7, 11) is 0. The minimum atomic E-state index is 0.940. The zero-order valence-corrected chi connectivity index (χ0v) is 15.0. The Morgan fingerprint density at radius 1 is 0.536 bits per heavy atom. The van der Waals surface area contributed by atoms with E-state index in [1.165, 1.54) is 43.1 Å². The van der Waals surface area contributed by atoms with Crippen molar-refractivity contribution >= 4 is 65.3 Å². The van der Waals surface area contributed by atoms with Crippen molar-refractivity contribution in [2.75, 3.05) is 0 Å². The summed E-state index contributed by atoms with van der Waals surface area (Å²) in [6.07, 6.45) is 0. The number of benzene rings is 5. The highest BCUT2D eigenvalue weighted by Crippen LogP contribution is 2.39. The molecule has 0 bridgehead atoms. The highest BCUT2D eigenvalue weighted by atomic mass is 16.3. The lowest BCUT2D eigenvalue weighted by Crippen LogP contribution is -1.76. The van der Waals surface area contributed by atoms with Crippen molar-refractivity contribution in [3.63, 3.8) is 0 Å². The molecule has 0 radical (unpaired) electrons. The molecule has 0 saturated heterocycles. The summed E-state index contributed by atoms with van der Waals surface area (Å²) in [4.78, 5) is 3.51. The van der Waals surface area contributed by atoms with Crippen molar-refractivity contribution in [1.29, 1.82) is 0 Å². The van der Waals surface area contributed by atoms with Gasteiger partial charge in [0.05, 0.1) is 10.9 Å². The number of aromatic nitrogens is 1. The van der Waals surface area contributed by atoms with Gasteiger partial charge in [-0.25, -0.2) is 0 Å². The summed E-state index contributed by atoms with van der Waals surface area (Å²) >= 11 is 0. The number of rotatable bonds is 0. The molecule has 7 rings (SSSR count). The van der Waals surface area contributed by atoms with Gasteiger partial charge in [0.2, 0.25) is 0 Å². The van der Waals surface area contributed by atoms with Crippen molar-refractivity contribution in [3.05, 3.63) is 84.9 Å². The summed E-state index contributed by atoms with van der Waals surface area (Å²) in [6.45, 7) is 0. The summed E-state index contributed by atoms with van der Waals surface area (Å²) in [5, 5.41) is 9.68. The molecule has 7 aromatic rings. The predicted octanol–water partition coefficient (Wildman–Crippen LogP) is 7.53. The second-order valence-electron chi connectivity index (χ2n) is 7.53. The number of nitrogens with one attached hydrogen (secondary N) is 1. The van der Waals surface area contributed by atoms with Gasteiger partial charge in [-0.1, -0.05) is 42.5 Å². The van der Waals surface area contributed by atoms with Gasteiger partial charge in [0.25, 0.3) is 0 Å². The van der Waals surface area contributed by atoms with Gasteiger partial charge >= 0.3 is 0 Å². The minimum Gasteiger partial charge on any atom is -0.455 e. The van der Waals surface area contributed by atoms with Crippen LogP contribution >= 0.6 is 0 Å². The van der Waals surface area contributed by atoms with E-state index in [2.05, 4.69) is 89.9 Å². The van der Waals surface area contributed by atoms with Crippen LogP contribution in [0.4, 0.5) is 0 Å². The quantitative estimate of drug-likeness (QED) is 0.279. The molecular weight excluding hydrogens is 342 g/mol. The van der Waals surface area contributed by atoms with Crippen LogP contribution in [0, 0.1) is 0 Å². The average molecular weight is 357 g/mol. The van der Waals surface area contributed by atoms with Crippen LogP contribution in [0.3, 0.4) is 0 Å². The van der Waals surface area contributed by atoms with E-state index in [1.54, 1.807) is 0 Å². The fourth-order valence-corrected chi connectivity index (χ4v) is 4.60. The molecule has 2 heterocycles. The number of aromatic amines is 1. The zero-order valence-electron chi connectivity index (χ0n) is 15.0. The molecule has 2 heteroatoms. The monoisotopic (exact) mass is 357 g/mol. The smallest absolute Gasteiger partial charge is 0.145 e. The molecule has 5 aromatic carbocycles. The highest BCUT2D eigenvalue weighted by molar-refractivity contribution is 6.24.